The standard InChI is InChI=1S/C17H20BrNS/c1-3-19-13(2)15-7-5-9-17(11-15)20-12-14-6-4-8-16(18)10-14/h4-11,13,19H,3,12H2,1-2H3. The third kappa shape index (κ3) is 4.65. The van der Waals surface area contributed by atoms with E-state index in [4.69, 9.17) is 0 Å². The van der Waals surface area contributed by atoms with Crippen molar-refractivity contribution in [1.29, 1.82) is 0 Å². The molecule has 1 N–H and O–H groups in total. The van der Waals surface area contributed by atoms with Crippen LogP contribution in [0.5, 0.6) is 0 Å². The summed E-state index contributed by atoms with van der Waals surface area (Å²) in [5.74, 6) is 0.998. The first kappa shape index (κ1) is 15.6. The molecule has 0 bridgehead atoms. The summed E-state index contributed by atoms with van der Waals surface area (Å²) in [5, 5.41) is 3.45. The highest BCUT2D eigenvalue weighted by Crippen LogP contribution is 2.26. The van der Waals surface area contributed by atoms with Crippen LogP contribution in [0.4, 0.5) is 0 Å². The second-order valence-corrected chi connectivity index (χ2v) is 6.73. The van der Waals surface area contributed by atoms with Gasteiger partial charge in [-0.3, -0.25) is 0 Å². The van der Waals surface area contributed by atoms with Gasteiger partial charge in [-0.05, 0) is 48.9 Å². The zero-order valence-electron chi connectivity index (χ0n) is 11.9. The highest BCUT2D eigenvalue weighted by atomic mass is 79.9. The Kier molecular flexibility index (Phi) is 6.14. The lowest BCUT2D eigenvalue weighted by Crippen LogP contribution is -2.17. The molecule has 3 heteroatoms. The molecule has 0 radical (unpaired) electrons. The highest BCUT2D eigenvalue weighted by Gasteiger charge is 2.04. The van der Waals surface area contributed by atoms with Gasteiger partial charge in [0.2, 0.25) is 0 Å². The number of benzene rings is 2. The molecule has 0 heterocycles. The van der Waals surface area contributed by atoms with Crippen LogP contribution in [0.25, 0.3) is 0 Å². The smallest absolute Gasteiger partial charge is 0.0292 e. The maximum absolute atomic E-state index is 3.52. The number of hydrogen-bond acceptors (Lipinski definition) is 2. The number of nitrogens with one attached hydrogen (secondary N) is 1. The van der Waals surface area contributed by atoms with Crippen LogP contribution in [0.3, 0.4) is 0 Å². The van der Waals surface area contributed by atoms with Gasteiger partial charge in [0, 0.05) is 21.2 Å². The lowest BCUT2D eigenvalue weighted by atomic mass is 10.1. The van der Waals surface area contributed by atoms with Gasteiger partial charge >= 0.3 is 0 Å². The molecule has 2 aromatic carbocycles. The van der Waals surface area contributed by atoms with Crippen LogP contribution in [-0.4, -0.2) is 6.54 Å². The average molecular weight is 350 g/mol. The van der Waals surface area contributed by atoms with Crippen LogP contribution in [0.15, 0.2) is 57.9 Å². The fourth-order valence-corrected chi connectivity index (χ4v) is 3.44. The monoisotopic (exact) mass is 349 g/mol. The third-order valence-corrected chi connectivity index (χ3v) is 4.72. The third-order valence-electron chi connectivity index (χ3n) is 3.16. The van der Waals surface area contributed by atoms with Crippen molar-refractivity contribution in [2.75, 3.05) is 6.54 Å². The van der Waals surface area contributed by atoms with Crippen molar-refractivity contribution in [1.82, 2.24) is 5.32 Å². The second-order valence-electron chi connectivity index (χ2n) is 4.77. The van der Waals surface area contributed by atoms with Gasteiger partial charge in [0.05, 0.1) is 0 Å². The topological polar surface area (TPSA) is 12.0 Å². The van der Waals surface area contributed by atoms with Gasteiger partial charge in [0.15, 0.2) is 0 Å². The molecule has 106 valence electrons. The van der Waals surface area contributed by atoms with E-state index in [1.807, 2.05) is 11.8 Å². The Balaban J connectivity index is 2.01. The van der Waals surface area contributed by atoms with Crippen molar-refractivity contribution in [3.8, 4) is 0 Å². The quantitative estimate of drug-likeness (QED) is 0.699. The van der Waals surface area contributed by atoms with E-state index in [9.17, 15) is 0 Å². The van der Waals surface area contributed by atoms with E-state index < -0.39 is 0 Å². The molecule has 0 saturated heterocycles. The zero-order valence-corrected chi connectivity index (χ0v) is 14.3. The van der Waals surface area contributed by atoms with E-state index in [1.165, 1.54) is 16.0 Å². The molecule has 2 aromatic rings. The van der Waals surface area contributed by atoms with Crippen molar-refractivity contribution < 1.29 is 0 Å². The first-order valence-electron chi connectivity index (χ1n) is 6.89. The summed E-state index contributed by atoms with van der Waals surface area (Å²) >= 11 is 5.40. The van der Waals surface area contributed by atoms with Crippen LogP contribution < -0.4 is 5.32 Å². The molecule has 0 fully saturated rings. The minimum atomic E-state index is 0.409. The van der Waals surface area contributed by atoms with Crippen molar-refractivity contribution >= 4 is 27.7 Å². The predicted molar refractivity (Wildman–Crippen MR) is 92.2 cm³/mol. The Labute approximate surface area is 134 Å². The van der Waals surface area contributed by atoms with Crippen LogP contribution in [0.2, 0.25) is 0 Å². The molecule has 0 aliphatic carbocycles. The summed E-state index contributed by atoms with van der Waals surface area (Å²) in [6, 6.07) is 17.7. The van der Waals surface area contributed by atoms with Gasteiger partial charge in [-0.15, -0.1) is 11.8 Å². The van der Waals surface area contributed by atoms with Crippen molar-refractivity contribution in [2.45, 2.75) is 30.5 Å². The summed E-state index contributed by atoms with van der Waals surface area (Å²) in [6.07, 6.45) is 0. The molecule has 1 atom stereocenters. The summed E-state index contributed by atoms with van der Waals surface area (Å²) in [7, 11) is 0. The maximum atomic E-state index is 3.52. The van der Waals surface area contributed by atoms with E-state index in [1.54, 1.807) is 0 Å². The van der Waals surface area contributed by atoms with Gasteiger partial charge in [-0.2, -0.15) is 0 Å². The van der Waals surface area contributed by atoms with E-state index in [0.717, 1.165) is 16.8 Å². The van der Waals surface area contributed by atoms with Crippen LogP contribution in [0.1, 0.15) is 31.0 Å². The lowest BCUT2D eigenvalue weighted by Gasteiger charge is -2.13. The van der Waals surface area contributed by atoms with Crippen molar-refractivity contribution in [2.24, 2.45) is 0 Å². The SMILES string of the molecule is CCNC(C)c1cccc(SCc2cccc(Br)c2)c1. The van der Waals surface area contributed by atoms with Gasteiger partial charge in [0.1, 0.15) is 0 Å². The van der Waals surface area contributed by atoms with Crippen molar-refractivity contribution in [3.63, 3.8) is 0 Å². The first-order chi connectivity index (χ1) is 9.69. The molecule has 0 spiro atoms. The molecule has 0 aromatic heterocycles. The molecular weight excluding hydrogens is 330 g/mol. The molecule has 1 nitrogen and oxygen atoms in total. The second kappa shape index (κ2) is 7.87. The summed E-state index contributed by atoms with van der Waals surface area (Å²) in [6.45, 7) is 5.35. The van der Waals surface area contributed by atoms with E-state index in [0.29, 0.717) is 6.04 Å². The van der Waals surface area contributed by atoms with E-state index >= 15 is 0 Å². The Morgan fingerprint density at radius 3 is 2.70 bits per heavy atom. The molecule has 2 rings (SSSR count). The van der Waals surface area contributed by atoms with Gasteiger partial charge < -0.3 is 5.32 Å². The normalized spacial score (nSPS) is 12.3. The van der Waals surface area contributed by atoms with Crippen LogP contribution >= 0.6 is 27.7 Å². The fourth-order valence-electron chi connectivity index (χ4n) is 2.09. The lowest BCUT2D eigenvalue weighted by molar-refractivity contribution is 0.597. The Morgan fingerprint density at radius 2 is 1.95 bits per heavy atom. The molecule has 0 saturated carbocycles. The molecule has 0 aliphatic heterocycles. The minimum absolute atomic E-state index is 0.409. The molecule has 1 unspecified atom stereocenters. The Hall–Kier alpha value is -0.770. The van der Waals surface area contributed by atoms with Crippen LogP contribution in [-0.2, 0) is 5.75 Å². The number of hydrogen-bond donors (Lipinski definition) is 1. The van der Waals surface area contributed by atoms with E-state index in [2.05, 4.69) is 83.6 Å². The summed E-state index contributed by atoms with van der Waals surface area (Å²) in [5.41, 5.74) is 2.70. The molecule has 20 heavy (non-hydrogen) atoms. The van der Waals surface area contributed by atoms with Crippen molar-refractivity contribution in [3.05, 3.63) is 64.1 Å². The van der Waals surface area contributed by atoms with Gasteiger partial charge in [-0.1, -0.05) is 47.1 Å². The summed E-state index contributed by atoms with van der Waals surface area (Å²) < 4.78 is 1.14. The Bertz CT molecular complexity index is 556. The Morgan fingerprint density at radius 1 is 1.15 bits per heavy atom. The largest absolute Gasteiger partial charge is 0.310 e. The van der Waals surface area contributed by atoms with Crippen LogP contribution in [0, 0.1) is 0 Å². The highest BCUT2D eigenvalue weighted by molar-refractivity contribution is 9.10. The average Bonchev–Trinajstić information content (AvgIpc) is 2.46. The molecule has 0 amide bonds. The molecule has 0 aliphatic rings. The number of halogens is 1. The van der Waals surface area contributed by atoms with E-state index in [-0.39, 0.29) is 0 Å². The fraction of sp³-hybridized carbons (Fsp3) is 0.294. The predicted octanol–water partition coefficient (Wildman–Crippen LogP) is 5.41. The number of thioether (sulfide) groups is 1. The minimum Gasteiger partial charge on any atom is -0.310 e. The zero-order chi connectivity index (χ0) is 14.4. The number of rotatable bonds is 6. The summed E-state index contributed by atoms with van der Waals surface area (Å²) in [4.78, 5) is 1.33. The van der Waals surface area contributed by atoms with Gasteiger partial charge in [0.25, 0.3) is 0 Å². The van der Waals surface area contributed by atoms with Gasteiger partial charge in [-0.25, -0.2) is 0 Å². The maximum Gasteiger partial charge on any atom is 0.0292 e. The first-order valence-corrected chi connectivity index (χ1v) is 8.67. The molecular formula is C17H20BrNS.